The molecule has 0 aliphatic carbocycles. The molecular weight excluding hydrogens is 436 g/mol. The summed E-state index contributed by atoms with van der Waals surface area (Å²) >= 11 is 0. The van der Waals surface area contributed by atoms with Gasteiger partial charge in [0.1, 0.15) is 5.75 Å². The van der Waals surface area contributed by atoms with Crippen molar-refractivity contribution in [2.45, 2.75) is 40.3 Å². The molecule has 1 aromatic heterocycles. The van der Waals surface area contributed by atoms with Crippen LogP contribution in [0.4, 0.5) is 10.5 Å². The molecule has 4 aromatic rings. The van der Waals surface area contributed by atoms with Crippen LogP contribution in [0.5, 0.6) is 5.75 Å². The third-order valence-electron chi connectivity index (χ3n) is 6.17. The molecule has 0 unspecified atom stereocenters. The van der Waals surface area contributed by atoms with E-state index in [9.17, 15) is 4.79 Å². The summed E-state index contributed by atoms with van der Waals surface area (Å²) in [6, 6.07) is 22.1. The van der Waals surface area contributed by atoms with E-state index in [2.05, 4.69) is 52.8 Å². The zero-order chi connectivity index (χ0) is 24.8. The van der Waals surface area contributed by atoms with Gasteiger partial charge in [0.05, 0.1) is 25.5 Å². The first-order chi connectivity index (χ1) is 17.0. The summed E-state index contributed by atoms with van der Waals surface area (Å²) in [4.78, 5) is 15.3. The van der Waals surface area contributed by atoms with Crippen molar-refractivity contribution in [3.63, 3.8) is 0 Å². The molecule has 0 aliphatic rings. The minimum Gasteiger partial charge on any atom is -0.497 e. The number of carbonyl (C=O) groups is 1. The average Bonchev–Trinajstić information content (AvgIpc) is 3.34. The number of urea groups is 1. The second kappa shape index (κ2) is 10.9. The van der Waals surface area contributed by atoms with Gasteiger partial charge in [0, 0.05) is 23.4 Å². The van der Waals surface area contributed by atoms with Gasteiger partial charge in [-0.3, -0.25) is 5.10 Å². The van der Waals surface area contributed by atoms with E-state index in [1.54, 1.807) is 13.3 Å². The molecule has 4 rings (SSSR count). The Balaban J connectivity index is 1.61. The Morgan fingerprint density at radius 3 is 2.34 bits per heavy atom. The third kappa shape index (κ3) is 5.90. The molecule has 6 nitrogen and oxygen atoms in total. The average molecular weight is 469 g/mol. The van der Waals surface area contributed by atoms with Crippen LogP contribution < -0.4 is 10.1 Å². The number of anilines is 1. The molecule has 0 spiro atoms. The molecule has 0 bridgehead atoms. The van der Waals surface area contributed by atoms with Crippen molar-refractivity contribution in [3.05, 3.63) is 101 Å². The zero-order valence-electron chi connectivity index (χ0n) is 20.8. The summed E-state index contributed by atoms with van der Waals surface area (Å²) in [5, 5.41) is 10.5. The minimum atomic E-state index is -0.154. The highest BCUT2D eigenvalue weighted by Crippen LogP contribution is 2.26. The van der Waals surface area contributed by atoms with E-state index >= 15 is 0 Å². The van der Waals surface area contributed by atoms with Gasteiger partial charge in [-0.1, -0.05) is 48.9 Å². The normalized spacial score (nSPS) is 10.7. The van der Waals surface area contributed by atoms with Gasteiger partial charge in [-0.25, -0.2) is 4.79 Å². The third-order valence-corrected chi connectivity index (χ3v) is 6.17. The van der Waals surface area contributed by atoms with E-state index < -0.39 is 0 Å². The Labute approximate surface area is 207 Å². The van der Waals surface area contributed by atoms with E-state index in [-0.39, 0.29) is 6.03 Å². The SMILES string of the molecule is CCc1ccc(CN(Cc2cn[nH]c2-c2ccc(OC)cc2)C(=O)Nc2ccc(C)cc2C)cc1. The lowest BCUT2D eigenvalue weighted by atomic mass is 10.1. The van der Waals surface area contributed by atoms with Gasteiger partial charge in [0.25, 0.3) is 0 Å². The van der Waals surface area contributed by atoms with Gasteiger partial charge < -0.3 is 15.0 Å². The number of aromatic nitrogens is 2. The molecule has 3 aromatic carbocycles. The van der Waals surface area contributed by atoms with Gasteiger partial charge >= 0.3 is 6.03 Å². The number of carbonyl (C=O) groups excluding carboxylic acids is 1. The Kier molecular flexibility index (Phi) is 7.51. The number of ether oxygens (including phenoxy) is 1. The lowest BCUT2D eigenvalue weighted by Gasteiger charge is -2.24. The van der Waals surface area contributed by atoms with Crippen molar-refractivity contribution in [1.82, 2.24) is 15.1 Å². The number of nitrogens with one attached hydrogen (secondary N) is 2. The van der Waals surface area contributed by atoms with Gasteiger partial charge in [0.2, 0.25) is 0 Å². The number of benzene rings is 3. The first kappa shape index (κ1) is 24.1. The van der Waals surface area contributed by atoms with Gasteiger partial charge in [-0.15, -0.1) is 0 Å². The number of nitrogens with zero attached hydrogens (tertiary/aromatic N) is 2. The number of methoxy groups -OCH3 is 1. The molecule has 0 fully saturated rings. The van der Waals surface area contributed by atoms with Crippen LogP contribution in [0.25, 0.3) is 11.3 Å². The highest BCUT2D eigenvalue weighted by Gasteiger charge is 2.19. The van der Waals surface area contributed by atoms with Gasteiger partial charge in [-0.2, -0.15) is 5.10 Å². The standard InChI is InChI=1S/C29H32N4O2/c1-5-22-7-9-23(10-8-22)18-33(29(34)31-27-15-6-20(2)16-21(27)3)19-25-17-30-32-28(25)24-11-13-26(35-4)14-12-24/h6-17H,5,18-19H2,1-4H3,(H,30,32)(H,31,34). The Morgan fingerprint density at radius 2 is 1.69 bits per heavy atom. The number of aromatic amines is 1. The number of hydrogen-bond donors (Lipinski definition) is 2. The number of aryl methyl sites for hydroxylation is 3. The maximum atomic E-state index is 13.5. The topological polar surface area (TPSA) is 70.2 Å². The summed E-state index contributed by atoms with van der Waals surface area (Å²) in [5.74, 6) is 0.791. The van der Waals surface area contributed by atoms with Crippen molar-refractivity contribution in [3.8, 4) is 17.0 Å². The number of H-pyrrole nitrogens is 1. The Hall–Kier alpha value is -4.06. The van der Waals surface area contributed by atoms with Crippen LogP contribution >= 0.6 is 0 Å². The smallest absolute Gasteiger partial charge is 0.322 e. The van der Waals surface area contributed by atoms with Gasteiger partial charge in [-0.05, 0) is 67.3 Å². The van der Waals surface area contributed by atoms with Crippen molar-refractivity contribution in [2.75, 3.05) is 12.4 Å². The fourth-order valence-electron chi connectivity index (χ4n) is 4.09. The van der Waals surface area contributed by atoms with Gasteiger partial charge in [0.15, 0.2) is 0 Å². The fourth-order valence-corrected chi connectivity index (χ4v) is 4.09. The summed E-state index contributed by atoms with van der Waals surface area (Å²) in [7, 11) is 1.65. The lowest BCUT2D eigenvalue weighted by molar-refractivity contribution is 0.206. The van der Waals surface area contributed by atoms with Crippen LogP contribution in [0.2, 0.25) is 0 Å². The maximum Gasteiger partial charge on any atom is 0.322 e. The molecule has 180 valence electrons. The van der Waals surface area contributed by atoms with Crippen molar-refractivity contribution >= 4 is 11.7 Å². The van der Waals surface area contributed by atoms with E-state index in [1.165, 1.54) is 5.56 Å². The van der Waals surface area contributed by atoms with E-state index in [0.29, 0.717) is 13.1 Å². The number of rotatable bonds is 8. The number of amides is 2. The van der Waals surface area contributed by atoms with Crippen molar-refractivity contribution in [1.29, 1.82) is 0 Å². The summed E-state index contributed by atoms with van der Waals surface area (Å²) in [6.45, 7) is 7.08. The van der Waals surface area contributed by atoms with Crippen molar-refractivity contribution in [2.24, 2.45) is 0 Å². The van der Waals surface area contributed by atoms with E-state index in [4.69, 9.17) is 4.74 Å². The van der Waals surface area contributed by atoms with Crippen LogP contribution in [0.1, 0.15) is 34.7 Å². The largest absolute Gasteiger partial charge is 0.497 e. The lowest BCUT2D eigenvalue weighted by Crippen LogP contribution is -2.34. The zero-order valence-corrected chi connectivity index (χ0v) is 20.8. The van der Waals surface area contributed by atoms with Crippen LogP contribution in [0, 0.1) is 13.8 Å². The minimum absolute atomic E-state index is 0.154. The van der Waals surface area contributed by atoms with Crippen LogP contribution in [0.3, 0.4) is 0 Å². The summed E-state index contributed by atoms with van der Waals surface area (Å²) < 4.78 is 5.28. The van der Waals surface area contributed by atoms with Crippen molar-refractivity contribution < 1.29 is 9.53 Å². The Bertz CT molecular complexity index is 1280. The quantitative estimate of drug-likeness (QED) is 0.310. The molecule has 2 amide bonds. The molecule has 0 aliphatic heterocycles. The molecule has 0 saturated heterocycles. The molecule has 0 atom stereocenters. The monoisotopic (exact) mass is 468 g/mol. The first-order valence-electron chi connectivity index (χ1n) is 11.8. The molecule has 1 heterocycles. The van der Waals surface area contributed by atoms with Crippen LogP contribution in [-0.2, 0) is 19.5 Å². The first-order valence-corrected chi connectivity index (χ1v) is 11.8. The molecule has 0 radical (unpaired) electrons. The molecule has 35 heavy (non-hydrogen) atoms. The highest BCUT2D eigenvalue weighted by molar-refractivity contribution is 5.90. The van der Waals surface area contributed by atoms with E-state index in [1.807, 2.05) is 55.1 Å². The predicted molar refractivity (Wildman–Crippen MR) is 141 cm³/mol. The second-order valence-corrected chi connectivity index (χ2v) is 8.77. The number of hydrogen-bond acceptors (Lipinski definition) is 3. The van der Waals surface area contributed by atoms with Crippen LogP contribution in [0.15, 0.2) is 72.9 Å². The van der Waals surface area contributed by atoms with E-state index in [0.717, 1.165) is 51.4 Å². The molecule has 0 saturated carbocycles. The molecule has 2 N–H and O–H groups in total. The molecule has 6 heteroatoms. The predicted octanol–water partition coefficient (Wildman–Crippen LogP) is 6.50. The van der Waals surface area contributed by atoms with Crippen LogP contribution in [-0.4, -0.2) is 28.2 Å². The highest BCUT2D eigenvalue weighted by atomic mass is 16.5. The fraction of sp³-hybridized carbons (Fsp3) is 0.241. The maximum absolute atomic E-state index is 13.5. The Morgan fingerprint density at radius 1 is 0.971 bits per heavy atom. The molecular formula is C29H32N4O2. The summed E-state index contributed by atoms with van der Waals surface area (Å²) in [6.07, 6.45) is 2.77. The second-order valence-electron chi connectivity index (χ2n) is 8.77. The summed E-state index contributed by atoms with van der Waals surface area (Å²) in [5.41, 5.74) is 8.18.